The SMILES string of the molecule is CCCCCCCCCCCCCCCCCOC(=O)C1CCN(C(=O)OCC)CC1. The van der Waals surface area contributed by atoms with Crippen LogP contribution in [-0.4, -0.2) is 43.3 Å². The number of ether oxygens (including phenoxy) is 2. The molecule has 0 saturated carbocycles. The molecule has 1 heterocycles. The van der Waals surface area contributed by atoms with E-state index < -0.39 is 0 Å². The third-order valence-corrected chi connectivity index (χ3v) is 6.35. The van der Waals surface area contributed by atoms with E-state index in [-0.39, 0.29) is 18.0 Å². The number of rotatable bonds is 18. The quantitative estimate of drug-likeness (QED) is 0.166. The van der Waals surface area contributed by atoms with Crippen molar-refractivity contribution in [3.05, 3.63) is 0 Å². The van der Waals surface area contributed by atoms with Crippen LogP contribution in [0.2, 0.25) is 0 Å². The Balaban J connectivity index is 1.84. The second-order valence-electron chi connectivity index (χ2n) is 9.08. The predicted octanol–water partition coefficient (Wildman–Crippen LogP) is 7.27. The van der Waals surface area contributed by atoms with Gasteiger partial charge in [0, 0.05) is 13.1 Å². The molecule has 0 spiro atoms. The molecule has 0 aliphatic carbocycles. The summed E-state index contributed by atoms with van der Waals surface area (Å²) in [6.07, 6.45) is 21.1. The van der Waals surface area contributed by atoms with Crippen molar-refractivity contribution in [2.45, 2.75) is 123 Å². The van der Waals surface area contributed by atoms with E-state index in [2.05, 4.69) is 6.92 Å². The van der Waals surface area contributed by atoms with Gasteiger partial charge in [0.05, 0.1) is 19.1 Å². The average molecular weight is 440 g/mol. The lowest BCUT2D eigenvalue weighted by molar-refractivity contribution is -0.150. The molecule has 1 rings (SSSR count). The maximum Gasteiger partial charge on any atom is 0.409 e. The van der Waals surface area contributed by atoms with Gasteiger partial charge in [-0.05, 0) is 26.2 Å². The van der Waals surface area contributed by atoms with Crippen LogP contribution in [0, 0.1) is 5.92 Å². The van der Waals surface area contributed by atoms with Crippen molar-refractivity contribution in [3.8, 4) is 0 Å². The monoisotopic (exact) mass is 439 g/mol. The van der Waals surface area contributed by atoms with E-state index >= 15 is 0 Å². The first-order chi connectivity index (χ1) is 15.2. The van der Waals surface area contributed by atoms with Crippen molar-refractivity contribution < 1.29 is 19.1 Å². The molecule has 0 N–H and O–H groups in total. The van der Waals surface area contributed by atoms with Gasteiger partial charge in [0.1, 0.15) is 0 Å². The van der Waals surface area contributed by atoms with Crippen molar-refractivity contribution in [1.82, 2.24) is 4.90 Å². The van der Waals surface area contributed by atoms with Crippen LogP contribution in [0.3, 0.4) is 0 Å². The van der Waals surface area contributed by atoms with Crippen molar-refractivity contribution in [2.75, 3.05) is 26.3 Å². The number of amides is 1. The van der Waals surface area contributed by atoms with Crippen molar-refractivity contribution >= 4 is 12.1 Å². The van der Waals surface area contributed by atoms with E-state index in [0.717, 1.165) is 12.8 Å². The van der Waals surface area contributed by atoms with Gasteiger partial charge in [-0.25, -0.2) is 4.79 Å². The standard InChI is InChI=1S/C26H49NO4/c1-3-5-6-7-8-9-10-11-12-13-14-15-16-17-18-23-31-25(28)24-19-21-27(22-20-24)26(29)30-4-2/h24H,3-23H2,1-2H3. The summed E-state index contributed by atoms with van der Waals surface area (Å²) in [6.45, 7) is 6.17. The molecule has 0 aromatic carbocycles. The second kappa shape index (κ2) is 19.4. The largest absolute Gasteiger partial charge is 0.465 e. The van der Waals surface area contributed by atoms with Crippen LogP contribution >= 0.6 is 0 Å². The number of hydrogen-bond donors (Lipinski definition) is 0. The van der Waals surface area contributed by atoms with Gasteiger partial charge >= 0.3 is 12.1 Å². The number of unbranched alkanes of at least 4 members (excludes halogenated alkanes) is 14. The Morgan fingerprint density at radius 2 is 1.13 bits per heavy atom. The van der Waals surface area contributed by atoms with Crippen LogP contribution in [0.1, 0.15) is 123 Å². The van der Waals surface area contributed by atoms with Gasteiger partial charge in [-0.3, -0.25) is 4.79 Å². The Morgan fingerprint density at radius 3 is 1.58 bits per heavy atom. The number of esters is 1. The van der Waals surface area contributed by atoms with Gasteiger partial charge in [0.15, 0.2) is 0 Å². The Hall–Kier alpha value is -1.26. The minimum Gasteiger partial charge on any atom is -0.465 e. The van der Waals surface area contributed by atoms with E-state index in [4.69, 9.17) is 9.47 Å². The van der Waals surface area contributed by atoms with Crippen LogP contribution in [0.4, 0.5) is 4.79 Å². The Labute approximate surface area is 191 Å². The molecule has 31 heavy (non-hydrogen) atoms. The Morgan fingerprint density at radius 1 is 0.677 bits per heavy atom. The van der Waals surface area contributed by atoms with Gasteiger partial charge in [-0.15, -0.1) is 0 Å². The first-order valence-corrected chi connectivity index (χ1v) is 13.3. The van der Waals surface area contributed by atoms with Crippen LogP contribution < -0.4 is 0 Å². The smallest absolute Gasteiger partial charge is 0.409 e. The van der Waals surface area contributed by atoms with Crippen molar-refractivity contribution in [3.63, 3.8) is 0 Å². The molecule has 1 aliphatic rings. The predicted molar refractivity (Wildman–Crippen MR) is 127 cm³/mol. The highest BCUT2D eigenvalue weighted by molar-refractivity contribution is 5.73. The van der Waals surface area contributed by atoms with E-state index in [9.17, 15) is 9.59 Å². The molecule has 182 valence electrons. The van der Waals surface area contributed by atoms with E-state index in [1.54, 1.807) is 11.8 Å². The molecule has 1 amide bonds. The maximum absolute atomic E-state index is 12.2. The summed E-state index contributed by atoms with van der Waals surface area (Å²) in [4.78, 5) is 25.6. The molecule has 0 aromatic rings. The zero-order valence-electron chi connectivity index (χ0n) is 20.5. The van der Waals surface area contributed by atoms with Crippen LogP contribution in [0.15, 0.2) is 0 Å². The lowest BCUT2D eigenvalue weighted by atomic mass is 9.97. The van der Waals surface area contributed by atoms with Crippen molar-refractivity contribution in [1.29, 1.82) is 0 Å². The van der Waals surface area contributed by atoms with Crippen LogP contribution in [-0.2, 0) is 14.3 Å². The molecule has 0 aromatic heterocycles. The summed E-state index contributed by atoms with van der Waals surface area (Å²) < 4.78 is 10.5. The molecule has 1 saturated heterocycles. The fraction of sp³-hybridized carbons (Fsp3) is 0.923. The van der Waals surface area contributed by atoms with Gasteiger partial charge < -0.3 is 14.4 Å². The molecule has 0 bridgehead atoms. The average Bonchev–Trinajstić information content (AvgIpc) is 2.79. The van der Waals surface area contributed by atoms with E-state index in [1.807, 2.05) is 0 Å². The Bertz CT molecular complexity index is 447. The third-order valence-electron chi connectivity index (χ3n) is 6.35. The number of nitrogens with zero attached hydrogens (tertiary/aromatic N) is 1. The first kappa shape index (κ1) is 27.8. The number of carbonyl (C=O) groups excluding carboxylic acids is 2. The third kappa shape index (κ3) is 14.4. The van der Waals surface area contributed by atoms with E-state index in [0.29, 0.717) is 39.1 Å². The van der Waals surface area contributed by atoms with Gasteiger partial charge in [-0.1, -0.05) is 96.8 Å². The summed E-state index contributed by atoms with van der Waals surface area (Å²) in [5, 5.41) is 0. The summed E-state index contributed by atoms with van der Waals surface area (Å²) in [6, 6.07) is 0. The number of likely N-dealkylation sites (tertiary alicyclic amines) is 1. The lowest BCUT2D eigenvalue weighted by Gasteiger charge is -2.30. The lowest BCUT2D eigenvalue weighted by Crippen LogP contribution is -2.41. The molecule has 1 fully saturated rings. The van der Waals surface area contributed by atoms with Crippen LogP contribution in [0.25, 0.3) is 0 Å². The molecule has 5 nitrogen and oxygen atoms in total. The fourth-order valence-electron chi connectivity index (χ4n) is 4.28. The van der Waals surface area contributed by atoms with Crippen LogP contribution in [0.5, 0.6) is 0 Å². The zero-order chi connectivity index (χ0) is 22.6. The minimum atomic E-state index is -0.271. The summed E-state index contributed by atoms with van der Waals surface area (Å²) in [7, 11) is 0. The highest BCUT2D eigenvalue weighted by Crippen LogP contribution is 2.19. The van der Waals surface area contributed by atoms with Crippen molar-refractivity contribution in [2.24, 2.45) is 5.92 Å². The minimum absolute atomic E-state index is 0.0676. The normalized spacial score (nSPS) is 14.6. The zero-order valence-corrected chi connectivity index (χ0v) is 20.5. The molecule has 0 atom stereocenters. The molecule has 0 unspecified atom stereocenters. The van der Waals surface area contributed by atoms with E-state index in [1.165, 1.54) is 83.5 Å². The maximum atomic E-state index is 12.2. The topological polar surface area (TPSA) is 55.8 Å². The number of hydrogen-bond acceptors (Lipinski definition) is 4. The Kier molecular flexibility index (Phi) is 17.4. The molecule has 0 radical (unpaired) electrons. The van der Waals surface area contributed by atoms with Gasteiger partial charge in [-0.2, -0.15) is 0 Å². The molecule has 1 aliphatic heterocycles. The summed E-state index contributed by atoms with van der Waals surface area (Å²) >= 11 is 0. The molecular weight excluding hydrogens is 390 g/mol. The highest BCUT2D eigenvalue weighted by Gasteiger charge is 2.28. The molecular formula is C26H49NO4. The summed E-state index contributed by atoms with van der Waals surface area (Å²) in [5.74, 6) is -0.157. The molecule has 5 heteroatoms. The van der Waals surface area contributed by atoms with Gasteiger partial charge in [0.2, 0.25) is 0 Å². The second-order valence-corrected chi connectivity index (χ2v) is 9.08. The first-order valence-electron chi connectivity index (χ1n) is 13.3. The number of piperidine rings is 1. The number of carbonyl (C=O) groups is 2. The summed E-state index contributed by atoms with van der Waals surface area (Å²) in [5.41, 5.74) is 0. The van der Waals surface area contributed by atoms with Gasteiger partial charge in [0.25, 0.3) is 0 Å². The fourth-order valence-corrected chi connectivity index (χ4v) is 4.28. The highest BCUT2D eigenvalue weighted by atomic mass is 16.6.